The van der Waals surface area contributed by atoms with Crippen molar-refractivity contribution in [3.05, 3.63) is 28.2 Å². The van der Waals surface area contributed by atoms with Crippen LogP contribution in [0.5, 0.6) is 0 Å². The Kier molecular flexibility index (Phi) is 5.02. The minimum Gasteiger partial charge on any atom is -0.479 e. The highest BCUT2D eigenvalue weighted by Crippen LogP contribution is 2.29. The van der Waals surface area contributed by atoms with Crippen molar-refractivity contribution >= 4 is 40.9 Å². The fraction of sp³-hybridized carbons (Fsp3) is 0.111. The summed E-state index contributed by atoms with van der Waals surface area (Å²) in [5, 5.41) is 11.1. The van der Waals surface area contributed by atoms with Crippen LogP contribution < -0.4 is 10.8 Å². The van der Waals surface area contributed by atoms with E-state index in [0.717, 1.165) is 0 Å². The molecule has 3 N–H and O–H groups in total. The normalized spacial score (nSPS) is 9.76. The third-order valence-electron chi connectivity index (χ3n) is 1.56. The molecule has 0 unspecified atom stereocenters. The number of hydrogen-bond donors (Lipinski definition) is 3. The zero-order valence-corrected chi connectivity index (χ0v) is 9.88. The van der Waals surface area contributed by atoms with Gasteiger partial charge in [-0.1, -0.05) is 29.3 Å². The maximum atomic E-state index is 11.2. The lowest BCUT2D eigenvalue weighted by Crippen LogP contribution is -2.31. The van der Waals surface area contributed by atoms with Crippen LogP contribution in [-0.2, 0) is 9.63 Å². The van der Waals surface area contributed by atoms with E-state index in [1.54, 1.807) is 18.2 Å². The first-order chi connectivity index (χ1) is 8.00. The van der Waals surface area contributed by atoms with Crippen LogP contribution in [0.4, 0.5) is 10.5 Å². The highest BCUT2D eigenvalue weighted by Gasteiger charge is 2.09. The Bertz CT molecular complexity index is 419. The summed E-state index contributed by atoms with van der Waals surface area (Å²) in [5.74, 6) is -1.21. The quantitative estimate of drug-likeness (QED) is 0.737. The van der Waals surface area contributed by atoms with Gasteiger partial charge in [0.05, 0.1) is 15.7 Å². The predicted octanol–water partition coefficient (Wildman–Crippen LogP) is 2.13. The van der Waals surface area contributed by atoms with E-state index in [1.165, 1.54) is 0 Å². The molecule has 0 radical (unpaired) electrons. The number of rotatable bonds is 4. The summed E-state index contributed by atoms with van der Waals surface area (Å²) in [5.41, 5.74) is 2.08. The Morgan fingerprint density at radius 3 is 2.41 bits per heavy atom. The fourth-order valence-corrected chi connectivity index (χ4v) is 1.41. The predicted molar refractivity (Wildman–Crippen MR) is 62.2 cm³/mol. The van der Waals surface area contributed by atoms with Crippen molar-refractivity contribution in [3.8, 4) is 0 Å². The summed E-state index contributed by atoms with van der Waals surface area (Å²) < 4.78 is 0. The van der Waals surface area contributed by atoms with E-state index in [0.29, 0.717) is 0 Å². The molecule has 0 aliphatic heterocycles. The Balaban J connectivity index is 2.53. The number of benzene rings is 1. The van der Waals surface area contributed by atoms with Crippen molar-refractivity contribution < 1.29 is 19.5 Å². The second kappa shape index (κ2) is 6.29. The standard InChI is InChI=1S/C9H8Cl2N2O4/c10-5-2-1-3-6(11)8(5)12-9(16)13-17-4-7(14)15/h1-3H,4H2,(H,14,15)(H2,12,13,16). The van der Waals surface area contributed by atoms with Gasteiger partial charge in [0.15, 0.2) is 6.61 Å². The minimum absolute atomic E-state index is 0.215. The molecule has 8 heteroatoms. The van der Waals surface area contributed by atoms with Crippen LogP contribution in [0.15, 0.2) is 18.2 Å². The second-order valence-corrected chi connectivity index (χ2v) is 3.65. The Morgan fingerprint density at radius 2 is 1.88 bits per heavy atom. The number of carbonyl (C=O) groups is 2. The van der Waals surface area contributed by atoms with Gasteiger partial charge in [-0.3, -0.25) is 4.84 Å². The molecule has 0 bridgehead atoms. The topological polar surface area (TPSA) is 87.7 Å². The number of carbonyl (C=O) groups excluding carboxylic acids is 1. The van der Waals surface area contributed by atoms with Gasteiger partial charge in [-0.15, -0.1) is 0 Å². The van der Waals surface area contributed by atoms with Gasteiger partial charge in [-0.2, -0.15) is 0 Å². The molecule has 17 heavy (non-hydrogen) atoms. The molecule has 0 aromatic heterocycles. The van der Waals surface area contributed by atoms with Crippen molar-refractivity contribution in [1.82, 2.24) is 5.48 Å². The minimum atomic E-state index is -1.21. The number of urea groups is 1. The van der Waals surface area contributed by atoms with Gasteiger partial charge in [0.2, 0.25) is 0 Å². The van der Waals surface area contributed by atoms with Crippen LogP contribution in [0.1, 0.15) is 0 Å². The zero-order valence-electron chi connectivity index (χ0n) is 8.37. The van der Waals surface area contributed by atoms with Crippen molar-refractivity contribution in [2.45, 2.75) is 0 Å². The number of carboxylic acid groups (broad SMARTS) is 1. The van der Waals surface area contributed by atoms with Crippen LogP contribution in [0.3, 0.4) is 0 Å². The molecule has 2 amide bonds. The van der Waals surface area contributed by atoms with Crippen molar-refractivity contribution in [2.24, 2.45) is 0 Å². The first kappa shape index (κ1) is 13.6. The third kappa shape index (κ3) is 4.48. The smallest absolute Gasteiger partial charge is 0.343 e. The van der Waals surface area contributed by atoms with Crippen molar-refractivity contribution in [3.63, 3.8) is 0 Å². The highest BCUT2D eigenvalue weighted by molar-refractivity contribution is 6.39. The van der Waals surface area contributed by atoms with Gasteiger partial charge in [0.1, 0.15) is 0 Å². The number of nitrogens with one attached hydrogen (secondary N) is 2. The SMILES string of the molecule is O=C(O)CONC(=O)Nc1c(Cl)cccc1Cl. The van der Waals surface area contributed by atoms with E-state index in [1.807, 2.05) is 5.48 Å². The van der Waals surface area contributed by atoms with Crippen LogP contribution in [0.2, 0.25) is 10.0 Å². The number of halogens is 2. The molecule has 0 saturated heterocycles. The lowest BCUT2D eigenvalue weighted by atomic mass is 10.3. The summed E-state index contributed by atoms with van der Waals surface area (Å²) in [6.07, 6.45) is 0. The number of para-hydroxylation sites is 1. The van der Waals surface area contributed by atoms with E-state index >= 15 is 0 Å². The van der Waals surface area contributed by atoms with Crippen molar-refractivity contribution in [1.29, 1.82) is 0 Å². The number of carboxylic acids is 1. The lowest BCUT2D eigenvalue weighted by Gasteiger charge is -2.09. The Hall–Kier alpha value is -1.50. The van der Waals surface area contributed by atoms with Crippen LogP contribution in [0.25, 0.3) is 0 Å². The van der Waals surface area contributed by atoms with Gasteiger partial charge in [0.25, 0.3) is 0 Å². The monoisotopic (exact) mass is 278 g/mol. The second-order valence-electron chi connectivity index (χ2n) is 2.84. The summed E-state index contributed by atoms with van der Waals surface area (Å²) in [4.78, 5) is 25.7. The van der Waals surface area contributed by atoms with Gasteiger partial charge >= 0.3 is 12.0 Å². The van der Waals surface area contributed by atoms with Crippen LogP contribution in [0, 0.1) is 0 Å². The van der Waals surface area contributed by atoms with E-state index in [4.69, 9.17) is 28.3 Å². The number of aliphatic carboxylic acids is 1. The molecular formula is C9H8Cl2N2O4. The molecule has 92 valence electrons. The summed E-state index contributed by atoms with van der Waals surface area (Å²) >= 11 is 11.6. The number of hydrogen-bond acceptors (Lipinski definition) is 3. The first-order valence-electron chi connectivity index (χ1n) is 4.35. The molecule has 0 spiro atoms. The van der Waals surface area contributed by atoms with Crippen LogP contribution in [-0.4, -0.2) is 23.7 Å². The van der Waals surface area contributed by atoms with Gasteiger partial charge in [-0.05, 0) is 12.1 Å². The molecule has 6 nitrogen and oxygen atoms in total. The van der Waals surface area contributed by atoms with E-state index in [9.17, 15) is 9.59 Å². The lowest BCUT2D eigenvalue weighted by molar-refractivity contribution is -0.143. The molecule has 0 aliphatic rings. The third-order valence-corrected chi connectivity index (χ3v) is 2.19. The van der Waals surface area contributed by atoms with Gasteiger partial charge in [-0.25, -0.2) is 15.1 Å². The van der Waals surface area contributed by atoms with Crippen molar-refractivity contribution in [2.75, 3.05) is 11.9 Å². The molecule has 0 fully saturated rings. The molecular weight excluding hydrogens is 271 g/mol. The number of anilines is 1. The molecule has 1 aromatic carbocycles. The zero-order chi connectivity index (χ0) is 12.8. The summed E-state index contributed by atoms with van der Waals surface area (Å²) in [6.45, 7) is -0.649. The number of hydroxylamine groups is 1. The van der Waals surface area contributed by atoms with E-state index in [-0.39, 0.29) is 15.7 Å². The fourth-order valence-electron chi connectivity index (χ4n) is 0.920. The average Bonchev–Trinajstić information content (AvgIpc) is 2.23. The van der Waals surface area contributed by atoms with E-state index in [2.05, 4.69) is 10.2 Å². The molecule has 0 heterocycles. The molecule has 0 aliphatic carbocycles. The molecule has 1 rings (SSSR count). The van der Waals surface area contributed by atoms with Gasteiger partial charge < -0.3 is 10.4 Å². The highest BCUT2D eigenvalue weighted by atomic mass is 35.5. The Morgan fingerprint density at radius 1 is 1.29 bits per heavy atom. The molecule has 0 saturated carbocycles. The molecule has 1 aromatic rings. The molecule has 0 atom stereocenters. The largest absolute Gasteiger partial charge is 0.479 e. The summed E-state index contributed by atoms with van der Waals surface area (Å²) in [7, 11) is 0. The van der Waals surface area contributed by atoms with Crippen LogP contribution >= 0.6 is 23.2 Å². The Labute approximate surface area is 106 Å². The maximum absolute atomic E-state index is 11.2. The maximum Gasteiger partial charge on any atom is 0.343 e. The van der Waals surface area contributed by atoms with E-state index < -0.39 is 18.6 Å². The summed E-state index contributed by atoms with van der Waals surface area (Å²) in [6, 6.07) is 3.93. The first-order valence-corrected chi connectivity index (χ1v) is 5.11. The average molecular weight is 279 g/mol. The number of amides is 2. The van der Waals surface area contributed by atoms with Gasteiger partial charge in [0, 0.05) is 0 Å².